The van der Waals surface area contributed by atoms with E-state index in [0.29, 0.717) is 27.7 Å². The van der Waals surface area contributed by atoms with Gasteiger partial charge in [-0.2, -0.15) is 5.10 Å². The number of methoxy groups -OCH3 is 1. The van der Waals surface area contributed by atoms with Crippen molar-refractivity contribution in [1.82, 2.24) is 9.78 Å². The molecule has 7 nitrogen and oxygen atoms in total. The summed E-state index contributed by atoms with van der Waals surface area (Å²) >= 11 is 6.21. The summed E-state index contributed by atoms with van der Waals surface area (Å²) in [4.78, 5) is 36.3. The number of carbonyl (C=O) groups is 2. The van der Waals surface area contributed by atoms with E-state index in [1.54, 1.807) is 31.2 Å². The molecule has 1 N–H and O–H groups in total. The van der Waals surface area contributed by atoms with Gasteiger partial charge in [0.2, 0.25) is 5.43 Å². The molecular weight excluding hydrogens is 382 g/mol. The van der Waals surface area contributed by atoms with Gasteiger partial charge in [-0.25, -0.2) is 9.48 Å². The first-order valence-electron chi connectivity index (χ1n) is 8.26. The standard InChI is InChI=1S/C20H16ClN3O4/c1-12-11-17(25)18(23-24(12)16-6-4-3-5-15(16)21)19(26)22-14-9-7-13(8-10-14)20(27)28-2/h3-11H,1-2H3,(H,22,26). The number of benzene rings is 2. The number of aryl methyl sites for hydroxylation is 1. The molecule has 0 saturated carbocycles. The van der Waals surface area contributed by atoms with Gasteiger partial charge < -0.3 is 10.1 Å². The molecule has 0 radical (unpaired) electrons. The SMILES string of the molecule is COC(=O)c1ccc(NC(=O)c2nn(-c3ccccc3Cl)c(C)cc2=O)cc1. The van der Waals surface area contributed by atoms with Gasteiger partial charge in [-0.3, -0.25) is 9.59 Å². The van der Waals surface area contributed by atoms with Gasteiger partial charge in [0, 0.05) is 17.4 Å². The van der Waals surface area contributed by atoms with E-state index < -0.39 is 17.3 Å². The third-order valence-electron chi connectivity index (χ3n) is 3.97. The highest BCUT2D eigenvalue weighted by Gasteiger charge is 2.17. The van der Waals surface area contributed by atoms with Crippen LogP contribution in [-0.4, -0.2) is 28.8 Å². The Hall–Kier alpha value is -3.45. The van der Waals surface area contributed by atoms with Crippen LogP contribution in [0.4, 0.5) is 5.69 Å². The molecule has 2 aromatic carbocycles. The zero-order valence-electron chi connectivity index (χ0n) is 15.1. The van der Waals surface area contributed by atoms with Crippen LogP contribution in [0.15, 0.2) is 59.4 Å². The van der Waals surface area contributed by atoms with Gasteiger partial charge in [-0.15, -0.1) is 0 Å². The van der Waals surface area contributed by atoms with Crippen LogP contribution in [0.1, 0.15) is 26.5 Å². The Balaban J connectivity index is 1.92. The highest BCUT2D eigenvalue weighted by molar-refractivity contribution is 6.32. The third kappa shape index (κ3) is 3.94. The number of halogens is 1. The molecule has 28 heavy (non-hydrogen) atoms. The fraction of sp³-hybridized carbons (Fsp3) is 0.100. The van der Waals surface area contributed by atoms with Crippen LogP contribution in [-0.2, 0) is 4.74 Å². The Morgan fingerprint density at radius 3 is 2.43 bits per heavy atom. The Morgan fingerprint density at radius 2 is 1.79 bits per heavy atom. The van der Waals surface area contributed by atoms with E-state index in [-0.39, 0.29) is 5.69 Å². The number of anilines is 1. The number of amides is 1. The second kappa shape index (κ2) is 8.06. The zero-order chi connectivity index (χ0) is 20.3. The number of rotatable bonds is 4. The number of carbonyl (C=O) groups excluding carboxylic acids is 2. The molecule has 0 spiro atoms. The van der Waals surface area contributed by atoms with Gasteiger partial charge in [0.15, 0.2) is 5.69 Å². The Labute approximate surface area is 165 Å². The Kier molecular flexibility index (Phi) is 5.56. The minimum atomic E-state index is -0.670. The van der Waals surface area contributed by atoms with Crippen LogP contribution in [0.3, 0.4) is 0 Å². The molecule has 0 aliphatic heterocycles. The molecule has 3 aromatic rings. The molecule has 0 aliphatic rings. The van der Waals surface area contributed by atoms with E-state index in [1.807, 2.05) is 0 Å². The molecule has 142 valence electrons. The molecule has 0 unspecified atom stereocenters. The summed E-state index contributed by atoms with van der Waals surface area (Å²) in [5.74, 6) is -1.16. The van der Waals surface area contributed by atoms with Gasteiger partial charge in [0.05, 0.1) is 23.4 Å². The monoisotopic (exact) mass is 397 g/mol. The van der Waals surface area contributed by atoms with Crippen LogP contribution in [0.25, 0.3) is 5.69 Å². The van der Waals surface area contributed by atoms with E-state index in [9.17, 15) is 14.4 Å². The smallest absolute Gasteiger partial charge is 0.337 e. The van der Waals surface area contributed by atoms with Crippen molar-refractivity contribution in [2.24, 2.45) is 0 Å². The fourth-order valence-corrected chi connectivity index (χ4v) is 2.79. The maximum absolute atomic E-state index is 12.6. The van der Waals surface area contributed by atoms with Gasteiger partial charge >= 0.3 is 5.97 Å². The van der Waals surface area contributed by atoms with E-state index in [2.05, 4.69) is 15.2 Å². The summed E-state index contributed by atoms with van der Waals surface area (Å²) in [5.41, 5.74) is 1.06. The van der Waals surface area contributed by atoms with Crippen molar-refractivity contribution in [2.45, 2.75) is 6.92 Å². The van der Waals surface area contributed by atoms with Crippen LogP contribution >= 0.6 is 11.6 Å². The summed E-state index contributed by atoms with van der Waals surface area (Å²) in [6.45, 7) is 1.70. The minimum absolute atomic E-state index is 0.275. The molecule has 8 heteroatoms. The summed E-state index contributed by atoms with van der Waals surface area (Å²) in [5, 5.41) is 7.22. The molecule has 1 aromatic heterocycles. The minimum Gasteiger partial charge on any atom is -0.465 e. The molecule has 1 amide bonds. The van der Waals surface area contributed by atoms with Crippen LogP contribution in [0, 0.1) is 6.92 Å². The van der Waals surface area contributed by atoms with Crippen molar-refractivity contribution in [3.05, 3.63) is 86.8 Å². The van der Waals surface area contributed by atoms with E-state index in [0.717, 1.165) is 0 Å². The lowest BCUT2D eigenvalue weighted by atomic mass is 10.2. The predicted octanol–water partition coefficient (Wildman–Crippen LogP) is 3.23. The van der Waals surface area contributed by atoms with Gasteiger partial charge in [0.25, 0.3) is 5.91 Å². The van der Waals surface area contributed by atoms with Gasteiger partial charge in [0.1, 0.15) is 0 Å². The van der Waals surface area contributed by atoms with Crippen molar-refractivity contribution in [2.75, 3.05) is 12.4 Å². The summed E-state index contributed by atoms with van der Waals surface area (Å²) in [7, 11) is 1.28. The average Bonchev–Trinajstić information content (AvgIpc) is 2.68. The van der Waals surface area contributed by atoms with Crippen molar-refractivity contribution in [3.8, 4) is 5.69 Å². The highest BCUT2D eigenvalue weighted by atomic mass is 35.5. The first-order valence-corrected chi connectivity index (χ1v) is 8.64. The second-order valence-corrected chi connectivity index (χ2v) is 6.29. The number of aromatic nitrogens is 2. The molecule has 3 rings (SSSR count). The first kappa shape index (κ1) is 19.3. The number of para-hydroxylation sites is 1. The quantitative estimate of drug-likeness (QED) is 0.682. The van der Waals surface area contributed by atoms with E-state index in [4.69, 9.17) is 11.6 Å². The van der Waals surface area contributed by atoms with Crippen LogP contribution in [0.5, 0.6) is 0 Å². The second-order valence-electron chi connectivity index (χ2n) is 5.88. The molecule has 0 saturated heterocycles. The number of hydrogen-bond donors (Lipinski definition) is 1. The molecule has 0 fully saturated rings. The lowest BCUT2D eigenvalue weighted by Crippen LogP contribution is -2.27. The predicted molar refractivity (Wildman–Crippen MR) is 105 cm³/mol. The molecule has 0 atom stereocenters. The van der Waals surface area contributed by atoms with Gasteiger partial charge in [-0.1, -0.05) is 23.7 Å². The number of hydrogen-bond acceptors (Lipinski definition) is 5. The van der Waals surface area contributed by atoms with Crippen molar-refractivity contribution >= 4 is 29.2 Å². The maximum atomic E-state index is 12.6. The lowest BCUT2D eigenvalue weighted by molar-refractivity contribution is 0.0600. The number of esters is 1. The Morgan fingerprint density at radius 1 is 1.11 bits per heavy atom. The first-order chi connectivity index (χ1) is 13.4. The van der Waals surface area contributed by atoms with Crippen LogP contribution < -0.4 is 10.7 Å². The summed E-state index contributed by atoms with van der Waals surface area (Å²) in [6.07, 6.45) is 0. The van der Waals surface area contributed by atoms with Crippen molar-refractivity contribution in [1.29, 1.82) is 0 Å². The van der Waals surface area contributed by atoms with Gasteiger partial charge in [-0.05, 0) is 43.3 Å². The topological polar surface area (TPSA) is 90.3 Å². The van der Waals surface area contributed by atoms with E-state index in [1.165, 1.54) is 42.1 Å². The zero-order valence-corrected chi connectivity index (χ0v) is 15.9. The third-order valence-corrected chi connectivity index (χ3v) is 4.29. The fourth-order valence-electron chi connectivity index (χ4n) is 2.57. The number of nitrogens with one attached hydrogen (secondary N) is 1. The van der Waals surface area contributed by atoms with Crippen molar-refractivity contribution < 1.29 is 14.3 Å². The summed E-state index contributed by atoms with van der Waals surface area (Å²) < 4.78 is 6.07. The summed E-state index contributed by atoms with van der Waals surface area (Å²) in [6, 6.07) is 14.4. The normalized spacial score (nSPS) is 10.4. The van der Waals surface area contributed by atoms with E-state index >= 15 is 0 Å². The number of ether oxygens (including phenoxy) is 1. The van der Waals surface area contributed by atoms with Crippen LogP contribution in [0.2, 0.25) is 5.02 Å². The van der Waals surface area contributed by atoms with Crippen molar-refractivity contribution in [3.63, 3.8) is 0 Å². The highest BCUT2D eigenvalue weighted by Crippen LogP contribution is 2.20. The Bertz CT molecular complexity index is 1110. The maximum Gasteiger partial charge on any atom is 0.337 e. The molecule has 0 aliphatic carbocycles. The largest absolute Gasteiger partial charge is 0.465 e. The molecule has 0 bridgehead atoms. The molecular formula is C20H16ClN3O4. The lowest BCUT2D eigenvalue weighted by Gasteiger charge is -2.12. The average molecular weight is 398 g/mol. The molecule has 1 heterocycles. The number of nitrogens with zero attached hydrogens (tertiary/aromatic N) is 2.